The Hall–Kier alpha value is -2.34. The van der Waals surface area contributed by atoms with Crippen LogP contribution < -0.4 is 17.0 Å². The number of ether oxygens (including phenoxy) is 1. The molecule has 0 aliphatic carbocycles. The lowest BCUT2D eigenvalue weighted by Crippen LogP contribution is -2.59. The first-order valence-electron chi connectivity index (χ1n) is 14.8. The third-order valence-electron chi connectivity index (χ3n) is 9.71. The van der Waals surface area contributed by atoms with Gasteiger partial charge in [-0.05, 0) is 48.8 Å². The number of H-pyrrole nitrogens is 1. The second-order valence-corrected chi connectivity index (χ2v) is 25.9. The number of nitrogens with zero attached hydrogens (tertiary/aromatic N) is 1. The molecule has 0 saturated carbocycles. The molecule has 1 aromatic heterocycles. The van der Waals surface area contributed by atoms with Crippen LogP contribution >= 0.6 is 0 Å². The van der Waals surface area contributed by atoms with Crippen molar-refractivity contribution in [2.45, 2.75) is 109 Å². The minimum atomic E-state index is -4.43. The Bertz CT molecular complexity index is 1670. The van der Waals surface area contributed by atoms with E-state index in [4.69, 9.17) is 23.5 Å². The molecule has 2 aliphatic heterocycles. The summed E-state index contributed by atoms with van der Waals surface area (Å²) in [5, 5.41) is -0.486. The number of aromatic nitrogens is 2. The highest BCUT2D eigenvalue weighted by Gasteiger charge is 2.69. The van der Waals surface area contributed by atoms with Gasteiger partial charge in [0.2, 0.25) is 0 Å². The SMILES string of the molecule is Cc1cn(C2OC(CO[Si](C)(C)C(C)(C)C)C3(OS(=O)(=O)C(c4ccccc4)=C3N)C2O[Si](C)(C)C(C)(C)C)c(=O)[nH]c1=O. The predicted molar refractivity (Wildman–Crippen MR) is 175 cm³/mol. The summed E-state index contributed by atoms with van der Waals surface area (Å²) in [6.07, 6.45) is -2.11. The first-order chi connectivity index (χ1) is 20.0. The van der Waals surface area contributed by atoms with Crippen molar-refractivity contribution in [2.24, 2.45) is 5.73 Å². The maximum absolute atomic E-state index is 13.9. The van der Waals surface area contributed by atoms with Crippen molar-refractivity contribution < 1.29 is 26.2 Å². The van der Waals surface area contributed by atoms with Crippen LogP contribution in [0.4, 0.5) is 0 Å². The highest BCUT2D eigenvalue weighted by atomic mass is 32.2. The molecule has 1 saturated heterocycles. The molecule has 1 spiro atoms. The molecular formula is C30H47N3O8SSi2. The molecule has 1 fully saturated rings. The lowest BCUT2D eigenvalue weighted by Gasteiger charge is -2.43. The second-order valence-electron chi connectivity index (χ2n) is 14.8. The van der Waals surface area contributed by atoms with E-state index in [1.165, 1.54) is 10.8 Å². The molecule has 244 valence electrons. The maximum atomic E-state index is 13.9. The van der Waals surface area contributed by atoms with Crippen molar-refractivity contribution in [3.8, 4) is 0 Å². The van der Waals surface area contributed by atoms with Gasteiger partial charge in [-0.1, -0.05) is 71.9 Å². The van der Waals surface area contributed by atoms with Crippen LogP contribution in [0.5, 0.6) is 0 Å². The molecule has 0 bridgehead atoms. The van der Waals surface area contributed by atoms with Gasteiger partial charge in [-0.25, -0.2) is 8.98 Å². The number of benzene rings is 1. The van der Waals surface area contributed by atoms with E-state index in [9.17, 15) is 18.0 Å². The van der Waals surface area contributed by atoms with Crippen LogP contribution in [0.15, 0.2) is 51.8 Å². The standard InChI is InChI=1S/C30H47N3O8SSi2/c1-19-17-33(27(35)32-25(19)34)26-24(40-44(10,11)29(5,6)7)30(21(39-26)18-38-43(8,9)28(2,3)4)23(31)22(42(36,37)41-30)20-15-13-12-14-16-20/h12-17,21,24,26H,18,31H2,1-11H3,(H,32,34,35). The van der Waals surface area contributed by atoms with Crippen molar-refractivity contribution >= 4 is 31.7 Å². The van der Waals surface area contributed by atoms with E-state index in [0.29, 0.717) is 5.56 Å². The zero-order chi connectivity index (χ0) is 33.3. The first kappa shape index (κ1) is 34.5. The number of hydrogen-bond donors (Lipinski definition) is 2. The van der Waals surface area contributed by atoms with Crippen LogP contribution in [0.3, 0.4) is 0 Å². The molecule has 2 aliphatic rings. The van der Waals surface area contributed by atoms with Gasteiger partial charge < -0.3 is 19.3 Å². The Kier molecular flexibility index (Phi) is 8.77. The molecule has 4 atom stereocenters. The van der Waals surface area contributed by atoms with Gasteiger partial charge in [-0.3, -0.25) is 14.3 Å². The zero-order valence-electron chi connectivity index (χ0n) is 27.6. The molecule has 4 rings (SSSR count). The fourth-order valence-electron chi connectivity index (χ4n) is 4.92. The summed E-state index contributed by atoms with van der Waals surface area (Å²) in [5.74, 6) is 0. The average Bonchev–Trinajstić information content (AvgIpc) is 3.28. The van der Waals surface area contributed by atoms with Crippen molar-refractivity contribution in [1.29, 1.82) is 0 Å². The van der Waals surface area contributed by atoms with Crippen molar-refractivity contribution in [3.05, 3.63) is 74.2 Å². The summed E-state index contributed by atoms with van der Waals surface area (Å²) < 4.78 is 55.5. The Morgan fingerprint density at radius 3 is 2.11 bits per heavy atom. The predicted octanol–water partition coefficient (Wildman–Crippen LogP) is 4.58. The highest BCUT2D eigenvalue weighted by molar-refractivity contribution is 7.96. The van der Waals surface area contributed by atoms with Crippen molar-refractivity contribution in [1.82, 2.24) is 9.55 Å². The summed E-state index contributed by atoms with van der Waals surface area (Å²) in [4.78, 5) is 27.8. The average molecular weight is 666 g/mol. The van der Waals surface area contributed by atoms with Gasteiger partial charge in [0, 0.05) is 11.8 Å². The first-order valence-corrected chi connectivity index (χ1v) is 22.0. The van der Waals surface area contributed by atoms with Crippen LogP contribution in [-0.4, -0.2) is 59.0 Å². The molecule has 4 unspecified atom stereocenters. The molecule has 3 heterocycles. The number of aromatic amines is 1. The fraction of sp³-hybridized carbons (Fsp3) is 0.600. The van der Waals surface area contributed by atoms with E-state index >= 15 is 0 Å². The quantitative estimate of drug-likeness (QED) is 0.320. The number of rotatable bonds is 7. The van der Waals surface area contributed by atoms with Crippen LogP contribution in [0.2, 0.25) is 36.3 Å². The third-order valence-corrected chi connectivity index (χ3v) is 20.1. The van der Waals surface area contributed by atoms with Gasteiger partial charge in [-0.15, -0.1) is 0 Å². The van der Waals surface area contributed by atoms with Gasteiger partial charge in [-0.2, -0.15) is 8.42 Å². The van der Waals surface area contributed by atoms with Crippen LogP contribution in [-0.2, 0) is 27.9 Å². The molecular weight excluding hydrogens is 619 g/mol. The Morgan fingerprint density at radius 2 is 1.57 bits per heavy atom. The minimum Gasteiger partial charge on any atom is -0.414 e. The molecule has 44 heavy (non-hydrogen) atoms. The fourth-order valence-corrected chi connectivity index (χ4v) is 8.80. The molecule has 14 heteroatoms. The number of nitrogens with one attached hydrogen (secondary N) is 1. The van der Waals surface area contributed by atoms with Crippen LogP contribution in [0, 0.1) is 6.92 Å². The van der Waals surface area contributed by atoms with Gasteiger partial charge in [0.15, 0.2) is 28.5 Å². The lowest BCUT2D eigenvalue weighted by atomic mass is 9.87. The van der Waals surface area contributed by atoms with Crippen molar-refractivity contribution in [2.75, 3.05) is 6.61 Å². The van der Waals surface area contributed by atoms with E-state index in [1.54, 1.807) is 37.3 Å². The smallest absolute Gasteiger partial charge is 0.330 e. The second kappa shape index (κ2) is 11.2. The highest BCUT2D eigenvalue weighted by Crippen LogP contribution is 2.55. The molecule has 2 aromatic rings. The topological polar surface area (TPSA) is 152 Å². The summed E-state index contributed by atoms with van der Waals surface area (Å²) in [6, 6.07) is 8.51. The van der Waals surface area contributed by atoms with Crippen LogP contribution in [0.1, 0.15) is 58.9 Å². The lowest BCUT2D eigenvalue weighted by molar-refractivity contribution is -0.0563. The van der Waals surface area contributed by atoms with E-state index < -0.39 is 62.0 Å². The number of nitrogens with two attached hydrogens (primary N) is 1. The van der Waals surface area contributed by atoms with Gasteiger partial charge in [0.25, 0.3) is 5.56 Å². The molecule has 11 nitrogen and oxygen atoms in total. The largest absolute Gasteiger partial charge is 0.414 e. The number of hydrogen-bond acceptors (Lipinski definition) is 9. The Balaban J connectivity index is 2.03. The van der Waals surface area contributed by atoms with E-state index in [1.807, 2.05) is 33.9 Å². The monoisotopic (exact) mass is 665 g/mol. The maximum Gasteiger partial charge on any atom is 0.330 e. The Labute approximate surface area is 262 Å². The molecule has 0 radical (unpaired) electrons. The minimum absolute atomic E-state index is 0.0697. The summed E-state index contributed by atoms with van der Waals surface area (Å²) in [6.45, 7) is 22.1. The van der Waals surface area contributed by atoms with E-state index in [0.717, 1.165) is 0 Å². The van der Waals surface area contributed by atoms with E-state index in [2.05, 4.69) is 38.8 Å². The summed E-state index contributed by atoms with van der Waals surface area (Å²) in [5.41, 5.74) is 4.33. The molecule has 1 aromatic carbocycles. The summed E-state index contributed by atoms with van der Waals surface area (Å²) in [7, 11) is -9.56. The number of aryl methyl sites for hydroxylation is 1. The third kappa shape index (κ3) is 5.85. The zero-order valence-corrected chi connectivity index (χ0v) is 30.4. The van der Waals surface area contributed by atoms with Crippen molar-refractivity contribution in [3.63, 3.8) is 0 Å². The molecule has 3 N–H and O–H groups in total. The molecule has 0 amide bonds. The summed E-state index contributed by atoms with van der Waals surface area (Å²) >= 11 is 0. The Morgan fingerprint density at radius 1 is 1.00 bits per heavy atom. The normalized spacial score (nSPS) is 26.1. The van der Waals surface area contributed by atoms with Gasteiger partial charge in [0.05, 0.1) is 12.3 Å². The van der Waals surface area contributed by atoms with Gasteiger partial charge in [0.1, 0.15) is 17.1 Å². The van der Waals surface area contributed by atoms with E-state index in [-0.39, 0.29) is 32.8 Å². The van der Waals surface area contributed by atoms with Gasteiger partial charge >= 0.3 is 15.8 Å². The van der Waals surface area contributed by atoms with Crippen LogP contribution in [0.25, 0.3) is 4.91 Å².